The van der Waals surface area contributed by atoms with Crippen molar-refractivity contribution in [2.24, 2.45) is 0 Å². The Hall–Kier alpha value is -0.747. The molecule has 1 N–H and O–H groups in total. The summed E-state index contributed by atoms with van der Waals surface area (Å²) < 4.78 is 0. The normalized spacial score (nSPS) is 10.6. The average molecular weight is 1000 g/mol. The van der Waals surface area contributed by atoms with E-state index in [2.05, 4.69) is 20.8 Å². The van der Waals surface area contributed by atoms with E-state index < -0.39 is 17.9 Å². The van der Waals surface area contributed by atoms with Gasteiger partial charge in [-0.2, -0.15) is 0 Å². The Morgan fingerprint density at radius 2 is 0.369 bits per heavy atom. The van der Waals surface area contributed by atoms with E-state index in [0.717, 1.165) is 38.5 Å². The van der Waals surface area contributed by atoms with Crippen molar-refractivity contribution in [2.75, 3.05) is 0 Å². The van der Waals surface area contributed by atoms with Crippen LogP contribution in [0.25, 0.3) is 0 Å². The van der Waals surface area contributed by atoms with Crippen LogP contribution in [0.4, 0.5) is 0 Å². The molecule has 1 radical (unpaired) electrons. The van der Waals surface area contributed by atoms with Gasteiger partial charge in [0.1, 0.15) is 0 Å². The van der Waals surface area contributed by atoms with Gasteiger partial charge in [0, 0.05) is 24.0 Å². The summed E-state index contributed by atoms with van der Waals surface area (Å²) in [6, 6.07) is 0. The van der Waals surface area contributed by atoms with Crippen molar-refractivity contribution in [1.29, 1.82) is 0 Å². The minimum absolute atomic E-state index is 0. The van der Waals surface area contributed by atoms with Crippen LogP contribution < -0.4 is 15.3 Å². The number of aliphatic hydroxyl groups is 1. The van der Waals surface area contributed by atoms with E-state index in [0.29, 0.717) is 0 Å². The van der Waals surface area contributed by atoms with Gasteiger partial charge < -0.3 is 34.8 Å². The fourth-order valence-corrected chi connectivity index (χ4v) is 7.92. The van der Waals surface area contributed by atoms with Crippen molar-refractivity contribution in [3.05, 3.63) is 0 Å². The van der Waals surface area contributed by atoms with Gasteiger partial charge >= 0.3 is 26.2 Å². The molecule has 0 aromatic rings. The summed E-state index contributed by atoms with van der Waals surface area (Å²) in [4.78, 5) is 30.7. The number of carboxylic acid groups (broad SMARTS) is 3. The Bertz CT molecular complexity index is 761. The molecule has 8 heteroatoms. The Labute approximate surface area is 425 Å². The molecule has 65 heavy (non-hydrogen) atoms. The molecule has 0 aromatic heterocycles. The molecule has 0 fully saturated rings. The van der Waals surface area contributed by atoms with Crippen LogP contribution in [-0.4, -0.2) is 29.1 Å². The van der Waals surface area contributed by atoms with Crippen molar-refractivity contribution in [2.45, 2.75) is 349 Å². The third-order valence-electron chi connectivity index (χ3n) is 12.0. The molecule has 0 atom stereocenters. The molecule has 0 unspecified atom stereocenters. The molecule has 7 nitrogen and oxygen atoms in total. The zero-order chi connectivity index (χ0) is 48.3. The molecule has 0 aromatic carbocycles. The van der Waals surface area contributed by atoms with E-state index in [-0.39, 0.29) is 51.6 Å². The number of carboxylic acids is 3. The molecule has 0 aliphatic rings. The monoisotopic (exact) mass is 1000 g/mol. The quantitative estimate of drug-likeness (QED) is 0.0598. The van der Waals surface area contributed by atoms with Crippen LogP contribution in [-0.2, 0) is 40.6 Å². The van der Waals surface area contributed by atoms with Crippen molar-refractivity contribution >= 4 is 17.9 Å². The standard InChI is InChI=1S/3C18H36O2.C3H8O.Zr/c3*1-2-3-4-5-6-7-8-9-10-11-12-13-14-15-16-17-18(19)20;1-3(2)4;/h3*2-17H2,1H3,(H,19,20);3-4H,1-2H3;/q;;;;+3/p-3. The molecule has 0 saturated heterocycles. The van der Waals surface area contributed by atoms with E-state index in [1.54, 1.807) is 13.8 Å². The van der Waals surface area contributed by atoms with Gasteiger partial charge in [0.15, 0.2) is 0 Å². The number of hydrogen-bond donors (Lipinski definition) is 1. The topological polar surface area (TPSA) is 141 Å². The molecule has 0 spiro atoms. The summed E-state index contributed by atoms with van der Waals surface area (Å²) >= 11 is 0. The molecular weight excluding hydrogens is 888 g/mol. The largest absolute Gasteiger partial charge is 3.00 e. The van der Waals surface area contributed by atoms with Crippen molar-refractivity contribution in [3.8, 4) is 0 Å². The van der Waals surface area contributed by atoms with Crippen LogP contribution in [0.2, 0.25) is 0 Å². The maximum Gasteiger partial charge on any atom is 3.00 e. The number of unbranched alkanes of at least 4 members (excludes halogenated alkanes) is 42. The first kappa shape index (κ1) is 73.2. The smallest absolute Gasteiger partial charge is 0.550 e. The van der Waals surface area contributed by atoms with Crippen LogP contribution >= 0.6 is 0 Å². The van der Waals surface area contributed by atoms with E-state index in [1.165, 1.54) is 250 Å². The predicted molar refractivity (Wildman–Crippen MR) is 271 cm³/mol. The molecule has 0 aliphatic carbocycles. The Kier molecular flexibility index (Phi) is 78.7. The summed E-state index contributed by atoms with van der Waals surface area (Å²) in [5, 5.41) is 38.7. The Morgan fingerprint density at radius 1 is 0.277 bits per heavy atom. The number of carbonyl (C=O) groups is 3. The molecule has 0 saturated carbocycles. The number of aliphatic hydroxyl groups excluding tert-OH is 1. The van der Waals surface area contributed by atoms with Gasteiger partial charge in [0.05, 0.1) is 0 Å². The SMILES string of the molecule is CC(C)O.CCCCCCCCCCCCCCCCCC(=O)[O-].CCCCCCCCCCCCCCCCCC(=O)[O-].CCCCCCCCCCCCCCCCCC(=O)[O-].[Zr+3]. The van der Waals surface area contributed by atoms with Gasteiger partial charge in [-0.25, -0.2) is 0 Å². The molecule has 0 aliphatic heterocycles. The van der Waals surface area contributed by atoms with Crippen LogP contribution in [0.5, 0.6) is 0 Å². The molecule has 0 rings (SSSR count). The fraction of sp³-hybridized carbons (Fsp3) is 0.947. The van der Waals surface area contributed by atoms with Crippen molar-refractivity contribution < 1.29 is 61.0 Å². The number of carbonyl (C=O) groups excluding carboxylic acids is 3. The first-order chi connectivity index (χ1) is 31.0. The third kappa shape index (κ3) is 94.0. The van der Waals surface area contributed by atoms with Crippen LogP contribution in [0.15, 0.2) is 0 Å². The van der Waals surface area contributed by atoms with E-state index in [4.69, 9.17) is 5.11 Å². The second-order valence-electron chi connectivity index (χ2n) is 19.3. The van der Waals surface area contributed by atoms with Crippen LogP contribution in [0.3, 0.4) is 0 Å². The van der Waals surface area contributed by atoms with Crippen LogP contribution in [0, 0.1) is 0 Å². The summed E-state index contributed by atoms with van der Waals surface area (Å²) in [7, 11) is 0. The molecule has 0 amide bonds. The van der Waals surface area contributed by atoms with Crippen LogP contribution in [0.1, 0.15) is 343 Å². The van der Waals surface area contributed by atoms with Gasteiger partial charge in [0.2, 0.25) is 0 Å². The molecular formula is C57H113O7Zr. The van der Waals surface area contributed by atoms with E-state index in [1.807, 2.05) is 0 Å². The maximum atomic E-state index is 10.2. The summed E-state index contributed by atoms with van der Waals surface area (Å²) in [5.74, 6) is -2.71. The summed E-state index contributed by atoms with van der Waals surface area (Å²) in [5.41, 5.74) is 0. The molecule has 0 heterocycles. The zero-order valence-corrected chi connectivity index (χ0v) is 46.9. The second-order valence-corrected chi connectivity index (χ2v) is 19.3. The Balaban J connectivity index is -0.000000263. The van der Waals surface area contributed by atoms with Gasteiger partial charge in [0.25, 0.3) is 0 Å². The van der Waals surface area contributed by atoms with Gasteiger partial charge in [-0.05, 0) is 52.4 Å². The number of hydrogen-bond acceptors (Lipinski definition) is 7. The summed E-state index contributed by atoms with van der Waals surface area (Å²) in [6.45, 7) is 10.2. The van der Waals surface area contributed by atoms with E-state index >= 15 is 0 Å². The summed E-state index contributed by atoms with van der Waals surface area (Å²) in [6.07, 6.45) is 59.4. The molecule has 387 valence electrons. The van der Waals surface area contributed by atoms with Gasteiger partial charge in [-0.1, -0.05) is 290 Å². The minimum atomic E-state index is -0.903. The van der Waals surface area contributed by atoms with E-state index in [9.17, 15) is 29.7 Å². The number of aliphatic carboxylic acids is 3. The Morgan fingerprint density at radius 3 is 0.462 bits per heavy atom. The van der Waals surface area contributed by atoms with Crippen molar-refractivity contribution in [3.63, 3.8) is 0 Å². The molecule has 0 bridgehead atoms. The fourth-order valence-electron chi connectivity index (χ4n) is 7.92. The predicted octanol–water partition coefficient (Wildman–Crippen LogP) is 15.4. The van der Waals surface area contributed by atoms with Gasteiger partial charge in [-0.3, -0.25) is 0 Å². The van der Waals surface area contributed by atoms with Gasteiger partial charge in [-0.15, -0.1) is 0 Å². The zero-order valence-electron chi connectivity index (χ0n) is 44.4. The minimum Gasteiger partial charge on any atom is -0.550 e. The number of rotatable bonds is 48. The first-order valence-corrected chi connectivity index (χ1v) is 28.3. The third-order valence-corrected chi connectivity index (χ3v) is 12.0. The maximum absolute atomic E-state index is 10.2. The van der Waals surface area contributed by atoms with Crippen molar-refractivity contribution in [1.82, 2.24) is 0 Å². The average Bonchev–Trinajstić information content (AvgIpc) is 3.25. The second kappa shape index (κ2) is 69.8. The first-order valence-electron chi connectivity index (χ1n) is 28.3.